The van der Waals surface area contributed by atoms with Crippen molar-refractivity contribution in [1.29, 1.82) is 0 Å². The van der Waals surface area contributed by atoms with Crippen molar-refractivity contribution in [1.82, 2.24) is 0 Å². The lowest BCUT2D eigenvalue weighted by atomic mass is 10.2. The Balaban J connectivity index is 0.000000191. The molecule has 0 N–H and O–H groups in total. The zero-order chi connectivity index (χ0) is 14.3. The second-order valence-corrected chi connectivity index (χ2v) is 4.91. The molecule has 102 valence electrons. The quantitative estimate of drug-likeness (QED) is 0.806. The van der Waals surface area contributed by atoms with Crippen LogP contribution in [0, 0.1) is 6.92 Å². The summed E-state index contributed by atoms with van der Waals surface area (Å²) in [6.45, 7) is 2.12. The van der Waals surface area contributed by atoms with E-state index < -0.39 is 0 Å². The molecule has 0 amide bonds. The minimum absolute atomic E-state index is 1.25. The van der Waals surface area contributed by atoms with Gasteiger partial charge in [-0.25, -0.2) is 0 Å². The molecule has 0 aliphatic rings. The summed E-state index contributed by atoms with van der Waals surface area (Å²) in [5.41, 5.74) is 3.87. The largest absolute Gasteiger partial charge is 0.378 e. The van der Waals surface area contributed by atoms with Gasteiger partial charge in [0.2, 0.25) is 0 Å². The number of anilines is 2. The predicted octanol–water partition coefficient (Wildman–Crippen LogP) is 3.81. The Morgan fingerprint density at radius 3 is 1.53 bits per heavy atom. The first kappa shape index (κ1) is 15.1. The normalized spacial score (nSPS) is 9.32. The summed E-state index contributed by atoms with van der Waals surface area (Å²) in [4.78, 5) is 4.20. The lowest BCUT2D eigenvalue weighted by Gasteiger charge is -2.14. The third kappa shape index (κ3) is 5.04. The molecule has 19 heavy (non-hydrogen) atoms. The second kappa shape index (κ2) is 7.47. The Hall–Kier alpha value is -1.96. The summed E-state index contributed by atoms with van der Waals surface area (Å²) in [6, 6.07) is 18.6. The fourth-order valence-corrected chi connectivity index (χ4v) is 1.79. The number of hydrogen-bond donors (Lipinski definition) is 0. The van der Waals surface area contributed by atoms with Gasteiger partial charge < -0.3 is 9.80 Å². The van der Waals surface area contributed by atoms with Crippen molar-refractivity contribution in [2.24, 2.45) is 0 Å². The Kier molecular flexibility index (Phi) is 5.94. The van der Waals surface area contributed by atoms with E-state index in [0.29, 0.717) is 0 Å². The highest BCUT2D eigenvalue weighted by molar-refractivity contribution is 5.51. The van der Waals surface area contributed by atoms with Gasteiger partial charge in [0.05, 0.1) is 0 Å². The van der Waals surface area contributed by atoms with Gasteiger partial charge in [0.25, 0.3) is 0 Å². The molecule has 0 bridgehead atoms. The molecule has 2 rings (SSSR count). The van der Waals surface area contributed by atoms with Crippen LogP contribution in [0.15, 0.2) is 54.6 Å². The van der Waals surface area contributed by atoms with Crippen molar-refractivity contribution in [2.45, 2.75) is 6.92 Å². The molecule has 0 spiro atoms. The standard InChI is InChI=1S/C9H13N.C8H11N/c1-8-6-4-5-7-9(8)10(2)3;1-9(2)8-6-4-3-5-7-8/h4-7H,1-3H3;3-7H,1-2H3. The number of nitrogens with zero attached hydrogens (tertiary/aromatic N) is 2. The highest BCUT2D eigenvalue weighted by Gasteiger charge is 1.95. The third-order valence-electron chi connectivity index (χ3n) is 2.87. The molecule has 0 radical (unpaired) electrons. The number of aryl methyl sites for hydroxylation is 1. The molecule has 0 aliphatic heterocycles. The highest BCUT2D eigenvalue weighted by atomic mass is 15.1. The van der Waals surface area contributed by atoms with Gasteiger partial charge in [-0.2, -0.15) is 0 Å². The number of rotatable bonds is 2. The van der Waals surface area contributed by atoms with E-state index in [9.17, 15) is 0 Å². The summed E-state index contributed by atoms with van der Waals surface area (Å²) in [5.74, 6) is 0. The lowest BCUT2D eigenvalue weighted by molar-refractivity contribution is 1.11. The van der Waals surface area contributed by atoms with E-state index in [4.69, 9.17) is 0 Å². The fourth-order valence-electron chi connectivity index (χ4n) is 1.79. The zero-order valence-electron chi connectivity index (χ0n) is 12.6. The molecule has 2 heteroatoms. The lowest BCUT2D eigenvalue weighted by Crippen LogP contribution is -2.09. The van der Waals surface area contributed by atoms with Crippen molar-refractivity contribution < 1.29 is 0 Å². The van der Waals surface area contributed by atoms with Crippen LogP contribution in [0.1, 0.15) is 5.56 Å². The van der Waals surface area contributed by atoms with E-state index in [0.717, 1.165) is 0 Å². The van der Waals surface area contributed by atoms with Crippen LogP contribution in [0.4, 0.5) is 11.4 Å². The van der Waals surface area contributed by atoms with Gasteiger partial charge in [0.1, 0.15) is 0 Å². The molecule has 0 heterocycles. The first-order valence-electron chi connectivity index (χ1n) is 6.47. The molecule has 0 saturated heterocycles. The summed E-state index contributed by atoms with van der Waals surface area (Å²) in [6.07, 6.45) is 0. The molecule has 2 aromatic rings. The Morgan fingerprint density at radius 2 is 1.16 bits per heavy atom. The SMILES string of the molecule is CN(C)c1ccccc1.Cc1ccccc1N(C)C. The van der Waals surface area contributed by atoms with Gasteiger partial charge in [-0.15, -0.1) is 0 Å². The van der Waals surface area contributed by atoms with Crippen molar-refractivity contribution >= 4 is 11.4 Å². The predicted molar refractivity (Wildman–Crippen MR) is 86.3 cm³/mol. The van der Waals surface area contributed by atoms with Crippen molar-refractivity contribution in [3.05, 3.63) is 60.2 Å². The Morgan fingerprint density at radius 1 is 0.632 bits per heavy atom. The van der Waals surface area contributed by atoms with E-state index in [1.165, 1.54) is 16.9 Å². The summed E-state index contributed by atoms with van der Waals surface area (Å²) in [7, 11) is 8.19. The summed E-state index contributed by atoms with van der Waals surface area (Å²) < 4.78 is 0. The first-order chi connectivity index (χ1) is 9.02. The minimum Gasteiger partial charge on any atom is -0.378 e. The molecule has 0 aromatic heterocycles. The van der Waals surface area contributed by atoms with E-state index in [2.05, 4.69) is 67.2 Å². The average Bonchev–Trinajstić information content (AvgIpc) is 2.40. The van der Waals surface area contributed by atoms with E-state index in [-0.39, 0.29) is 0 Å². The van der Waals surface area contributed by atoms with Crippen LogP contribution < -0.4 is 9.80 Å². The number of para-hydroxylation sites is 2. The van der Waals surface area contributed by atoms with E-state index in [1.807, 2.05) is 32.3 Å². The smallest absolute Gasteiger partial charge is 0.0390 e. The van der Waals surface area contributed by atoms with Crippen molar-refractivity contribution in [3.8, 4) is 0 Å². The average molecular weight is 256 g/mol. The van der Waals surface area contributed by atoms with Gasteiger partial charge >= 0.3 is 0 Å². The molecule has 0 aliphatic carbocycles. The summed E-state index contributed by atoms with van der Waals surface area (Å²) in [5, 5.41) is 0. The fraction of sp³-hybridized carbons (Fsp3) is 0.294. The maximum Gasteiger partial charge on any atom is 0.0390 e. The Bertz CT molecular complexity index is 476. The molecule has 0 fully saturated rings. The molecule has 2 nitrogen and oxygen atoms in total. The third-order valence-corrected chi connectivity index (χ3v) is 2.87. The molecular formula is C17H24N2. The molecule has 0 unspecified atom stereocenters. The molecule has 0 atom stereocenters. The zero-order valence-corrected chi connectivity index (χ0v) is 12.6. The first-order valence-corrected chi connectivity index (χ1v) is 6.47. The monoisotopic (exact) mass is 256 g/mol. The van der Waals surface area contributed by atoms with Crippen molar-refractivity contribution in [2.75, 3.05) is 38.0 Å². The van der Waals surface area contributed by atoms with Gasteiger partial charge in [-0.05, 0) is 30.7 Å². The van der Waals surface area contributed by atoms with Crippen LogP contribution in [-0.4, -0.2) is 28.2 Å². The maximum absolute atomic E-state index is 2.12. The summed E-state index contributed by atoms with van der Waals surface area (Å²) >= 11 is 0. The molecule has 2 aromatic carbocycles. The Labute approximate surface area is 117 Å². The van der Waals surface area contributed by atoms with Crippen LogP contribution in [0.25, 0.3) is 0 Å². The van der Waals surface area contributed by atoms with Gasteiger partial charge in [0.15, 0.2) is 0 Å². The number of benzene rings is 2. The van der Waals surface area contributed by atoms with Gasteiger partial charge in [-0.3, -0.25) is 0 Å². The second-order valence-electron chi connectivity index (χ2n) is 4.91. The van der Waals surface area contributed by atoms with Crippen LogP contribution in [0.2, 0.25) is 0 Å². The van der Waals surface area contributed by atoms with E-state index >= 15 is 0 Å². The minimum atomic E-state index is 1.25. The van der Waals surface area contributed by atoms with Gasteiger partial charge in [0, 0.05) is 39.6 Å². The van der Waals surface area contributed by atoms with Crippen LogP contribution in [0.5, 0.6) is 0 Å². The van der Waals surface area contributed by atoms with Crippen LogP contribution >= 0.6 is 0 Å². The highest BCUT2D eigenvalue weighted by Crippen LogP contribution is 2.15. The number of hydrogen-bond acceptors (Lipinski definition) is 2. The molecular weight excluding hydrogens is 232 g/mol. The van der Waals surface area contributed by atoms with E-state index in [1.54, 1.807) is 0 Å². The van der Waals surface area contributed by atoms with Gasteiger partial charge in [-0.1, -0.05) is 36.4 Å². The van der Waals surface area contributed by atoms with Crippen molar-refractivity contribution in [3.63, 3.8) is 0 Å². The molecule has 0 saturated carbocycles. The topological polar surface area (TPSA) is 6.48 Å². The van der Waals surface area contributed by atoms with Crippen LogP contribution in [-0.2, 0) is 0 Å². The maximum atomic E-state index is 2.12. The van der Waals surface area contributed by atoms with Crippen LogP contribution in [0.3, 0.4) is 0 Å².